The maximum Gasteiger partial charge on any atom is 0.435 e. The molecule has 23 heavy (non-hydrogen) atoms. The van der Waals surface area contributed by atoms with E-state index in [1.54, 1.807) is 0 Å². The fourth-order valence-electron chi connectivity index (χ4n) is 1.68. The van der Waals surface area contributed by atoms with Crippen LogP contribution in [0.3, 0.4) is 0 Å². The van der Waals surface area contributed by atoms with E-state index < -0.39 is 17.8 Å². The van der Waals surface area contributed by atoms with Crippen LogP contribution in [0.1, 0.15) is 27.6 Å². The Morgan fingerprint density at radius 3 is 2.74 bits per heavy atom. The van der Waals surface area contributed by atoms with Gasteiger partial charge in [-0.15, -0.1) is 10.2 Å². The summed E-state index contributed by atoms with van der Waals surface area (Å²) in [7, 11) is 1.30. The molecule has 0 radical (unpaired) electrons. The first-order chi connectivity index (χ1) is 10.8. The van der Waals surface area contributed by atoms with Crippen LogP contribution in [0.25, 0.3) is 0 Å². The topological polar surface area (TPSA) is 72.7 Å². The third-order valence-corrected chi connectivity index (χ3v) is 4.80. The first-order valence-electron chi connectivity index (χ1n) is 6.59. The van der Waals surface area contributed by atoms with E-state index in [0.29, 0.717) is 13.0 Å². The normalized spacial score (nSPS) is 11.7. The molecule has 11 heteroatoms. The van der Waals surface area contributed by atoms with Gasteiger partial charge in [0.15, 0.2) is 10.0 Å². The Morgan fingerprint density at radius 2 is 2.17 bits per heavy atom. The highest BCUT2D eigenvalue weighted by Crippen LogP contribution is 2.28. The number of hydrogen-bond acceptors (Lipinski definition) is 6. The highest BCUT2D eigenvalue weighted by Gasteiger charge is 2.35. The average molecular weight is 365 g/mol. The van der Waals surface area contributed by atoms with E-state index >= 15 is 0 Å². The zero-order valence-electron chi connectivity index (χ0n) is 12.3. The number of carbonyl (C=O) groups excluding carboxylic acids is 1. The van der Waals surface area contributed by atoms with Gasteiger partial charge in [0, 0.05) is 25.4 Å². The van der Waals surface area contributed by atoms with E-state index in [-0.39, 0.29) is 5.69 Å². The highest BCUT2D eigenvalue weighted by molar-refractivity contribution is 8.01. The molecule has 0 atom stereocenters. The van der Waals surface area contributed by atoms with E-state index in [9.17, 15) is 18.0 Å². The maximum absolute atomic E-state index is 12.5. The fraction of sp³-hybridized carbons (Fsp3) is 0.500. The summed E-state index contributed by atoms with van der Waals surface area (Å²) in [6, 6.07) is 0.744. The van der Waals surface area contributed by atoms with Crippen molar-refractivity contribution < 1.29 is 18.0 Å². The van der Waals surface area contributed by atoms with Crippen molar-refractivity contribution in [3.05, 3.63) is 22.5 Å². The van der Waals surface area contributed by atoms with Gasteiger partial charge in [0.2, 0.25) is 0 Å². The van der Waals surface area contributed by atoms with Crippen LogP contribution >= 0.6 is 23.1 Å². The van der Waals surface area contributed by atoms with Gasteiger partial charge in [-0.2, -0.15) is 18.3 Å². The Hall–Kier alpha value is -1.62. The SMILES string of the molecule is Cc1nnc(SCCCNC(=O)c2cc(C(F)(F)F)nn2C)s1. The molecular formula is C12H14F3N5OS2. The van der Waals surface area contributed by atoms with Crippen LogP contribution in [-0.2, 0) is 13.2 Å². The quantitative estimate of drug-likeness (QED) is 0.629. The van der Waals surface area contributed by atoms with Crippen LogP contribution in [0, 0.1) is 6.92 Å². The van der Waals surface area contributed by atoms with Crippen molar-refractivity contribution in [1.82, 2.24) is 25.3 Å². The maximum atomic E-state index is 12.5. The van der Waals surface area contributed by atoms with Gasteiger partial charge in [0.1, 0.15) is 10.7 Å². The molecule has 0 aromatic carbocycles. The Balaban J connectivity index is 1.78. The fourth-order valence-corrected chi connectivity index (χ4v) is 3.50. The van der Waals surface area contributed by atoms with Gasteiger partial charge in [-0.1, -0.05) is 23.1 Å². The highest BCUT2D eigenvalue weighted by atomic mass is 32.2. The second-order valence-corrected chi connectivity index (χ2v) is 7.10. The molecule has 0 saturated heterocycles. The second-order valence-electron chi connectivity index (χ2n) is 4.58. The number of carbonyl (C=O) groups is 1. The number of halogens is 3. The number of alkyl halides is 3. The molecule has 0 aliphatic heterocycles. The molecule has 2 aromatic heterocycles. The second kappa shape index (κ2) is 7.30. The predicted molar refractivity (Wildman–Crippen MR) is 80.5 cm³/mol. The molecule has 1 amide bonds. The van der Waals surface area contributed by atoms with Crippen molar-refractivity contribution >= 4 is 29.0 Å². The number of hydrogen-bond donors (Lipinski definition) is 1. The lowest BCUT2D eigenvalue weighted by Gasteiger charge is -2.04. The molecule has 0 unspecified atom stereocenters. The van der Waals surface area contributed by atoms with Crippen LogP contribution in [-0.4, -0.2) is 38.2 Å². The van der Waals surface area contributed by atoms with E-state index in [2.05, 4.69) is 20.6 Å². The van der Waals surface area contributed by atoms with Gasteiger partial charge in [0.05, 0.1) is 0 Å². The predicted octanol–water partition coefficient (Wildman–Crippen LogP) is 2.51. The van der Waals surface area contributed by atoms with E-state index in [1.807, 2.05) is 6.92 Å². The van der Waals surface area contributed by atoms with E-state index in [0.717, 1.165) is 25.8 Å². The summed E-state index contributed by atoms with van der Waals surface area (Å²) in [4.78, 5) is 11.9. The van der Waals surface area contributed by atoms with Crippen molar-refractivity contribution in [2.75, 3.05) is 12.3 Å². The molecule has 126 valence electrons. The minimum Gasteiger partial charge on any atom is -0.351 e. The Labute approximate surface area is 138 Å². The summed E-state index contributed by atoms with van der Waals surface area (Å²) in [5.41, 5.74) is -1.20. The summed E-state index contributed by atoms with van der Waals surface area (Å²) in [6.07, 6.45) is -3.90. The lowest BCUT2D eigenvalue weighted by Crippen LogP contribution is -2.26. The molecule has 0 spiro atoms. The summed E-state index contributed by atoms with van der Waals surface area (Å²) in [6.45, 7) is 2.22. The minimum atomic E-state index is -4.56. The largest absolute Gasteiger partial charge is 0.435 e. The van der Waals surface area contributed by atoms with Crippen LogP contribution in [0.5, 0.6) is 0 Å². The molecular weight excluding hydrogens is 351 g/mol. The lowest BCUT2D eigenvalue weighted by molar-refractivity contribution is -0.141. The molecule has 2 aromatic rings. The molecule has 2 heterocycles. The van der Waals surface area contributed by atoms with Crippen molar-refractivity contribution in [1.29, 1.82) is 0 Å². The summed E-state index contributed by atoms with van der Waals surface area (Å²) < 4.78 is 39.4. The monoisotopic (exact) mass is 365 g/mol. The zero-order chi connectivity index (χ0) is 17.0. The summed E-state index contributed by atoms with van der Waals surface area (Å²) in [5, 5.41) is 14.6. The minimum absolute atomic E-state index is 0.121. The molecule has 0 fully saturated rings. The van der Waals surface area contributed by atoms with Crippen molar-refractivity contribution in [2.45, 2.75) is 23.9 Å². The lowest BCUT2D eigenvalue weighted by atomic mass is 10.3. The van der Waals surface area contributed by atoms with Gasteiger partial charge in [-0.3, -0.25) is 9.48 Å². The van der Waals surface area contributed by atoms with Crippen LogP contribution in [0.15, 0.2) is 10.4 Å². The number of rotatable bonds is 6. The van der Waals surface area contributed by atoms with Gasteiger partial charge in [-0.05, 0) is 13.3 Å². The van der Waals surface area contributed by atoms with Gasteiger partial charge >= 0.3 is 6.18 Å². The van der Waals surface area contributed by atoms with E-state index in [1.165, 1.54) is 30.1 Å². The van der Waals surface area contributed by atoms with Crippen LogP contribution < -0.4 is 5.32 Å². The number of nitrogens with zero attached hydrogens (tertiary/aromatic N) is 4. The molecule has 1 N–H and O–H groups in total. The molecule has 0 aliphatic carbocycles. The molecule has 0 aliphatic rings. The molecule has 2 rings (SSSR count). The van der Waals surface area contributed by atoms with Crippen molar-refractivity contribution in [3.8, 4) is 0 Å². The standard InChI is InChI=1S/C12H14F3N5OS2/c1-7-17-18-11(23-7)22-5-3-4-16-10(21)8-6-9(12(13,14)15)19-20(8)2/h6H,3-5H2,1-2H3,(H,16,21). The van der Waals surface area contributed by atoms with Crippen LogP contribution in [0.2, 0.25) is 0 Å². The molecule has 6 nitrogen and oxygen atoms in total. The number of amides is 1. The third-order valence-electron chi connectivity index (χ3n) is 2.74. The number of aromatic nitrogens is 4. The number of aryl methyl sites for hydroxylation is 2. The molecule has 0 bridgehead atoms. The Bertz CT molecular complexity index is 683. The molecule has 0 saturated carbocycles. The smallest absolute Gasteiger partial charge is 0.351 e. The van der Waals surface area contributed by atoms with Gasteiger partial charge < -0.3 is 5.32 Å². The average Bonchev–Trinajstić information content (AvgIpc) is 3.04. The number of thioether (sulfide) groups is 1. The first-order valence-corrected chi connectivity index (χ1v) is 8.40. The van der Waals surface area contributed by atoms with E-state index in [4.69, 9.17) is 0 Å². The number of nitrogens with one attached hydrogen (secondary N) is 1. The van der Waals surface area contributed by atoms with Crippen molar-refractivity contribution in [3.63, 3.8) is 0 Å². The summed E-state index contributed by atoms with van der Waals surface area (Å²) >= 11 is 3.02. The van der Waals surface area contributed by atoms with Crippen molar-refractivity contribution in [2.24, 2.45) is 7.05 Å². The van der Waals surface area contributed by atoms with Gasteiger partial charge in [0.25, 0.3) is 5.91 Å². The first kappa shape index (κ1) is 17.7. The Kier molecular flexibility index (Phi) is 5.63. The third kappa shape index (κ3) is 4.93. The summed E-state index contributed by atoms with van der Waals surface area (Å²) in [5.74, 6) is 0.154. The van der Waals surface area contributed by atoms with Crippen LogP contribution in [0.4, 0.5) is 13.2 Å². The zero-order valence-corrected chi connectivity index (χ0v) is 14.0. The van der Waals surface area contributed by atoms with Gasteiger partial charge in [-0.25, -0.2) is 0 Å². The Morgan fingerprint density at radius 1 is 1.43 bits per heavy atom.